The second-order valence-electron chi connectivity index (χ2n) is 8.26. The zero-order valence-electron chi connectivity index (χ0n) is 17.8. The standard InChI is InChI=1S/C23H27N3O5S/c1-31-20-12-7-16(14-21(20)32(29,30)26-18-10-11-18)22(27)25-19(23(28)24-17-8-9-17)13-15-5-3-2-4-6-15/h2-7,12,14,17-19,26H,8-11,13H2,1H3,(H,24,28)(H,25,27). The van der Waals surface area contributed by atoms with E-state index in [1.54, 1.807) is 0 Å². The molecular formula is C23H27N3O5S. The summed E-state index contributed by atoms with van der Waals surface area (Å²) in [5, 5.41) is 5.71. The van der Waals surface area contributed by atoms with Crippen LogP contribution in [0.1, 0.15) is 41.6 Å². The second-order valence-corrected chi connectivity index (χ2v) is 9.94. The summed E-state index contributed by atoms with van der Waals surface area (Å²) in [6.45, 7) is 0. The quantitative estimate of drug-likeness (QED) is 0.503. The molecule has 0 saturated heterocycles. The average molecular weight is 458 g/mol. The molecule has 3 N–H and O–H groups in total. The van der Waals surface area contributed by atoms with Gasteiger partial charge in [0.2, 0.25) is 15.9 Å². The number of carbonyl (C=O) groups is 2. The zero-order chi connectivity index (χ0) is 22.7. The highest BCUT2D eigenvalue weighted by molar-refractivity contribution is 7.89. The Morgan fingerprint density at radius 1 is 1.03 bits per heavy atom. The molecule has 2 aliphatic rings. The molecule has 0 spiro atoms. The van der Waals surface area contributed by atoms with E-state index in [-0.39, 0.29) is 34.2 Å². The van der Waals surface area contributed by atoms with Gasteiger partial charge in [0.25, 0.3) is 5.91 Å². The monoisotopic (exact) mass is 457 g/mol. The van der Waals surface area contributed by atoms with Gasteiger partial charge in [-0.1, -0.05) is 30.3 Å². The van der Waals surface area contributed by atoms with E-state index in [0.717, 1.165) is 31.2 Å². The van der Waals surface area contributed by atoms with Gasteiger partial charge in [-0.2, -0.15) is 0 Å². The third-order valence-electron chi connectivity index (χ3n) is 5.44. The summed E-state index contributed by atoms with van der Waals surface area (Å²) < 4.78 is 33.3. The van der Waals surface area contributed by atoms with Crippen LogP contribution in [0, 0.1) is 0 Å². The topological polar surface area (TPSA) is 114 Å². The number of hydrogen-bond donors (Lipinski definition) is 3. The number of amides is 2. The molecule has 1 unspecified atom stereocenters. The van der Waals surface area contributed by atoms with Crippen LogP contribution in [0.15, 0.2) is 53.4 Å². The van der Waals surface area contributed by atoms with E-state index in [1.165, 1.54) is 25.3 Å². The highest BCUT2D eigenvalue weighted by atomic mass is 32.2. The Bertz CT molecular complexity index is 1100. The molecule has 2 aliphatic carbocycles. The molecule has 4 rings (SSSR count). The first kappa shape index (κ1) is 22.3. The fourth-order valence-electron chi connectivity index (χ4n) is 3.34. The van der Waals surface area contributed by atoms with E-state index >= 15 is 0 Å². The molecule has 2 amide bonds. The highest BCUT2D eigenvalue weighted by Gasteiger charge is 2.31. The number of sulfonamides is 1. The number of nitrogens with one attached hydrogen (secondary N) is 3. The van der Waals surface area contributed by atoms with Crippen molar-refractivity contribution in [2.75, 3.05) is 7.11 Å². The van der Waals surface area contributed by atoms with Crippen molar-refractivity contribution in [3.05, 3.63) is 59.7 Å². The summed E-state index contributed by atoms with van der Waals surface area (Å²) in [4.78, 5) is 25.7. The molecule has 0 radical (unpaired) electrons. The molecule has 0 aromatic heterocycles. The van der Waals surface area contributed by atoms with Gasteiger partial charge in [-0.05, 0) is 49.4 Å². The smallest absolute Gasteiger partial charge is 0.251 e. The van der Waals surface area contributed by atoms with Gasteiger partial charge < -0.3 is 15.4 Å². The van der Waals surface area contributed by atoms with E-state index < -0.39 is 22.0 Å². The second kappa shape index (κ2) is 9.30. The maximum atomic E-state index is 13.0. The molecule has 2 aromatic carbocycles. The number of methoxy groups -OCH3 is 1. The third-order valence-corrected chi connectivity index (χ3v) is 6.98. The van der Waals surface area contributed by atoms with Crippen LogP contribution in [0.5, 0.6) is 5.75 Å². The van der Waals surface area contributed by atoms with E-state index in [9.17, 15) is 18.0 Å². The van der Waals surface area contributed by atoms with Crippen LogP contribution in [0.25, 0.3) is 0 Å². The van der Waals surface area contributed by atoms with Crippen molar-refractivity contribution < 1.29 is 22.7 Å². The van der Waals surface area contributed by atoms with Crippen molar-refractivity contribution in [3.8, 4) is 5.75 Å². The lowest BCUT2D eigenvalue weighted by atomic mass is 10.0. The van der Waals surface area contributed by atoms with Gasteiger partial charge in [0.05, 0.1) is 7.11 Å². The van der Waals surface area contributed by atoms with Gasteiger partial charge in [-0.3, -0.25) is 9.59 Å². The zero-order valence-corrected chi connectivity index (χ0v) is 18.7. The molecule has 0 aliphatic heterocycles. The van der Waals surface area contributed by atoms with Crippen molar-refractivity contribution in [1.29, 1.82) is 0 Å². The molecular weight excluding hydrogens is 430 g/mol. The van der Waals surface area contributed by atoms with E-state index in [0.29, 0.717) is 6.42 Å². The number of ether oxygens (including phenoxy) is 1. The summed E-state index contributed by atoms with van der Waals surface area (Å²) in [6.07, 6.45) is 3.78. The maximum absolute atomic E-state index is 13.0. The minimum absolute atomic E-state index is 0.0800. The lowest BCUT2D eigenvalue weighted by Gasteiger charge is -2.19. The number of carbonyl (C=O) groups excluding carboxylic acids is 2. The Morgan fingerprint density at radius 3 is 2.34 bits per heavy atom. The van der Waals surface area contributed by atoms with Crippen LogP contribution in [0.4, 0.5) is 0 Å². The summed E-state index contributed by atoms with van der Waals surface area (Å²) in [6, 6.07) is 12.9. The van der Waals surface area contributed by atoms with Gasteiger partial charge in [-0.25, -0.2) is 13.1 Å². The Morgan fingerprint density at radius 2 is 1.72 bits per heavy atom. The van der Waals surface area contributed by atoms with Gasteiger partial charge in [0.1, 0.15) is 16.7 Å². The predicted molar refractivity (Wildman–Crippen MR) is 119 cm³/mol. The van der Waals surface area contributed by atoms with Crippen LogP contribution < -0.4 is 20.1 Å². The van der Waals surface area contributed by atoms with Gasteiger partial charge in [-0.15, -0.1) is 0 Å². The molecule has 2 saturated carbocycles. The van der Waals surface area contributed by atoms with Crippen LogP contribution in [-0.2, 0) is 21.2 Å². The number of rotatable bonds is 10. The molecule has 8 nitrogen and oxygen atoms in total. The molecule has 9 heteroatoms. The molecule has 1 atom stereocenters. The van der Waals surface area contributed by atoms with Crippen molar-refractivity contribution in [2.45, 2.75) is 55.1 Å². The first-order chi connectivity index (χ1) is 15.4. The molecule has 32 heavy (non-hydrogen) atoms. The summed E-state index contributed by atoms with van der Waals surface area (Å²) in [5.41, 5.74) is 1.05. The Hall–Kier alpha value is -2.91. The average Bonchev–Trinajstić information content (AvgIpc) is 3.71. The van der Waals surface area contributed by atoms with Gasteiger partial charge in [0.15, 0.2) is 0 Å². The van der Waals surface area contributed by atoms with Crippen molar-refractivity contribution in [1.82, 2.24) is 15.4 Å². The molecule has 2 aromatic rings. The van der Waals surface area contributed by atoms with Crippen LogP contribution >= 0.6 is 0 Å². The first-order valence-corrected chi connectivity index (χ1v) is 12.2. The van der Waals surface area contributed by atoms with Crippen LogP contribution in [0.2, 0.25) is 0 Å². The van der Waals surface area contributed by atoms with E-state index in [4.69, 9.17) is 4.74 Å². The van der Waals surface area contributed by atoms with Crippen LogP contribution in [0.3, 0.4) is 0 Å². The lowest BCUT2D eigenvalue weighted by Crippen LogP contribution is -2.48. The molecule has 0 bridgehead atoms. The maximum Gasteiger partial charge on any atom is 0.251 e. The summed E-state index contributed by atoms with van der Waals surface area (Å²) >= 11 is 0. The third kappa shape index (κ3) is 5.66. The molecule has 170 valence electrons. The fraction of sp³-hybridized carbons (Fsp3) is 0.391. The molecule has 0 heterocycles. The Kier molecular flexibility index (Phi) is 6.48. The summed E-state index contributed by atoms with van der Waals surface area (Å²) in [7, 11) is -2.45. The first-order valence-electron chi connectivity index (χ1n) is 10.7. The fourth-order valence-corrected chi connectivity index (χ4v) is 4.84. The van der Waals surface area contributed by atoms with Gasteiger partial charge in [0, 0.05) is 24.1 Å². The Balaban J connectivity index is 1.55. The minimum Gasteiger partial charge on any atom is -0.495 e. The lowest BCUT2D eigenvalue weighted by molar-refractivity contribution is -0.123. The van der Waals surface area contributed by atoms with E-state index in [2.05, 4.69) is 15.4 Å². The normalized spacial score (nSPS) is 16.8. The van der Waals surface area contributed by atoms with E-state index in [1.807, 2.05) is 30.3 Å². The van der Waals surface area contributed by atoms with Crippen molar-refractivity contribution >= 4 is 21.8 Å². The van der Waals surface area contributed by atoms with Crippen molar-refractivity contribution in [3.63, 3.8) is 0 Å². The SMILES string of the molecule is COc1ccc(C(=O)NC(Cc2ccccc2)C(=O)NC2CC2)cc1S(=O)(=O)NC1CC1. The Labute approximate surface area is 187 Å². The largest absolute Gasteiger partial charge is 0.495 e. The summed E-state index contributed by atoms with van der Waals surface area (Å²) in [5.74, 6) is -0.620. The number of hydrogen-bond acceptors (Lipinski definition) is 5. The predicted octanol–water partition coefficient (Wildman–Crippen LogP) is 1.76. The molecule has 2 fully saturated rings. The minimum atomic E-state index is -3.83. The van der Waals surface area contributed by atoms with Gasteiger partial charge >= 0.3 is 0 Å². The highest BCUT2D eigenvalue weighted by Crippen LogP contribution is 2.28. The number of benzene rings is 2. The van der Waals surface area contributed by atoms with Crippen molar-refractivity contribution in [2.24, 2.45) is 0 Å². The van der Waals surface area contributed by atoms with Crippen LogP contribution in [-0.4, -0.2) is 45.5 Å².